The minimum atomic E-state index is -0.125. The molecule has 0 bridgehead atoms. The maximum atomic E-state index is 12.8. The molecule has 2 aromatic heterocycles. The lowest BCUT2D eigenvalue weighted by molar-refractivity contribution is 0.535. The average Bonchev–Trinajstić information content (AvgIpc) is 3.12. The summed E-state index contributed by atoms with van der Waals surface area (Å²) in [5.74, 6) is 0. The molecule has 0 saturated heterocycles. The predicted molar refractivity (Wildman–Crippen MR) is 92.7 cm³/mol. The van der Waals surface area contributed by atoms with Crippen LogP contribution in [-0.4, -0.2) is 14.8 Å². The van der Waals surface area contributed by atoms with Crippen LogP contribution in [0.4, 0.5) is 0 Å². The molecule has 0 atom stereocenters. The van der Waals surface area contributed by atoms with Gasteiger partial charge in [0.05, 0.1) is 0 Å². The van der Waals surface area contributed by atoms with Gasteiger partial charge in [-0.2, -0.15) is 9.67 Å². The van der Waals surface area contributed by atoms with E-state index in [9.17, 15) is 4.79 Å². The lowest BCUT2D eigenvalue weighted by Crippen LogP contribution is -2.17. The Balaban J connectivity index is 1.75. The molecule has 0 aliphatic rings. The number of aryl methyl sites for hydroxylation is 2. The number of aromatic nitrogens is 3. The summed E-state index contributed by atoms with van der Waals surface area (Å²) in [6, 6.07) is 15.9. The average molecular weight is 319 g/mol. The first-order valence-corrected chi connectivity index (χ1v) is 7.84. The van der Waals surface area contributed by atoms with Crippen molar-refractivity contribution >= 4 is 11.1 Å². The summed E-state index contributed by atoms with van der Waals surface area (Å²) in [7, 11) is 0. The fourth-order valence-electron chi connectivity index (χ4n) is 2.79. The van der Waals surface area contributed by atoms with E-state index in [0.29, 0.717) is 12.0 Å². The predicted octanol–water partition coefficient (Wildman–Crippen LogP) is 3.51. The molecule has 5 nitrogen and oxygen atoms in total. The third-order valence-electron chi connectivity index (χ3n) is 4.17. The molecule has 24 heavy (non-hydrogen) atoms. The molecule has 0 unspecified atom stereocenters. The van der Waals surface area contributed by atoms with E-state index in [1.54, 1.807) is 0 Å². The Morgan fingerprint density at radius 2 is 1.83 bits per heavy atom. The van der Waals surface area contributed by atoms with Crippen LogP contribution in [0.5, 0.6) is 0 Å². The smallest absolute Gasteiger partial charge is 0.325 e. The highest BCUT2D eigenvalue weighted by atomic mass is 16.4. The molecule has 0 fully saturated rings. The van der Waals surface area contributed by atoms with Gasteiger partial charge in [0.25, 0.3) is 5.56 Å². The third-order valence-corrected chi connectivity index (χ3v) is 4.17. The van der Waals surface area contributed by atoms with E-state index in [1.165, 1.54) is 10.2 Å². The summed E-state index contributed by atoms with van der Waals surface area (Å²) in [5, 5.41) is 3.07. The molecule has 2 heterocycles. The van der Waals surface area contributed by atoms with Gasteiger partial charge in [-0.15, -0.1) is 0 Å². The van der Waals surface area contributed by atoms with Crippen molar-refractivity contribution in [2.45, 2.75) is 20.3 Å². The van der Waals surface area contributed by atoms with Crippen molar-refractivity contribution in [1.29, 1.82) is 0 Å². The molecule has 1 N–H and O–H groups in total. The maximum Gasteiger partial charge on any atom is 0.325 e. The van der Waals surface area contributed by atoms with Crippen molar-refractivity contribution < 1.29 is 4.42 Å². The van der Waals surface area contributed by atoms with Crippen LogP contribution in [-0.2, 0) is 6.42 Å². The number of oxazole rings is 1. The summed E-state index contributed by atoms with van der Waals surface area (Å²) in [4.78, 5) is 17.2. The van der Waals surface area contributed by atoms with E-state index in [4.69, 9.17) is 4.42 Å². The Kier molecular flexibility index (Phi) is 3.34. The lowest BCUT2D eigenvalue weighted by Gasteiger charge is -2.00. The third kappa shape index (κ3) is 2.44. The van der Waals surface area contributed by atoms with Gasteiger partial charge in [-0.25, -0.2) is 0 Å². The summed E-state index contributed by atoms with van der Waals surface area (Å²) in [5.41, 5.74) is 5.11. The molecule has 4 rings (SSSR count). The van der Waals surface area contributed by atoms with Crippen LogP contribution in [0.15, 0.2) is 57.7 Å². The van der Waals surface area contributed by atoms with Crippen LogP contribution in [0.25, 0.3) is 17.1 Å². The molecule has 0 amide bonds. The maximum absolute atomic E-state index is 12.8. The number of hydrogen-bond acceptors (Lipinski definition) is 3. The Labute approximate surface area is 138 Å². The number of fused-ring (bicyclic) bond motifs is 1. The minimum absolute atomic E-state index is 0.125. The second kappa shape index (κ2) is 5.53. The molecule has 0 saturated carbocycles. The number of hydrogen-bond donors (Lipinski definition) is 1. The van der Waals surface area contributed by atoms with E-state index in [2.05, 4.69) is 22.2 Å². The van der Waals surface area contributed by atoms with Crippen LogP contribution in [0.1, 0.15) is 22.4 Å². The van der Waals surface area contributed by atoms with Gasteiger partial charge in [-0.1, -0.05) is 42.0 Å². The fraction of sp³-hybridized carbons (Fsp3) is 0.158. The summed E-state index contributed by atoms with van der Waals surface area (Å²) in [6.45, 7) is 3.94. The first kappa shape index (κ1) is 14.5. The van der Waals surface area contributed by atoms with E-state index < -0.39 is 0 Å². The van der Waals surface area contributed by atoms with E-state index in [1.807, 2.05) is 50.2 Å². The van der Waals surface area contributed by atoms with Crippen molar-refractivity contribution in [3.05, 3.63) is 81.3 Å². The SMILES string of the molecule is Cc1ccc(Cc2c(C)[nH]n(-c3nc4ccccc4o3)c2=O)cc1. The zero-order valence-corrected chi connectivity index (χ0v) is 13.5. The zero-order valence-electron chi connectivity index (χ0n) is 13.5. The lowest BCUT2D eigenvalue weighted by atomic mass is 10.0. The molecule has 5 heteroatoms. The topological polar surface area (TPSA) is 63.8 Å². The molecule has 0 radical (unpaired) electrons. The van der Waals surface area contributed by atoms with Gasteiger partial charge in [-0.3, -0.25) is 9.89 Å². The second-order valence-electron chi connectivity index (χ2n) is 5.98. The van der Waals surface area contributed by atoms with Crippen LogP contribution in [0.2, 0.25) is 0 Å². The number of benzene rings is 2. The van der Waals surface area contributed by atoms with Crippen molar-refractivity contribution in [1.82, 2.24) is 14.8 Å². The number of nitrogens with one attached hydrogen (secondary N) is 1. The molecule has 0 spiro atoms. The van der Waals surface area contributed by atoms with Crippen molar-refractivity contribution in [3.63, 3.8) is 0 Å². The van der Waals surface area contributed by atoms with Crippen LogP contribution in [0.3, 0.4) is 0 Å². The molecule has 0 aliphatic carbocycles. The van der Waals surface area contributed by atoms with Crippen molar-refractivity contribution in [2.24, 2.45) is 0 Å². The van der Waals surface area contributed by atoms with E-state index in [0.717, 1.165) is 22.3 Å². The van der Waals surface area contributed by atoms with Gasteiger partial charge < -0.3 is 4.42 Å². The van der Waals surface area contributed by atoms with Gasteiger partial charge in [-0.05, 0) is 31.5 Å². The van der Waals surface area contributed by atoms with E-state index >= 15 is 0 Å². The Bertz CT molecular complexity index is 1040. The molecule has 4 aromatic rings. The number of aromatic amines is 1. The first-order chi connectivity index (χ1) is 11.6. The monoisotopic (exact) mass is 319 g/mol. The van der Waals surface area contributed by atoms with Gasteiger partial charge in [0.1, 0.15) is 5.52 Å². The molecular weight excluding hydrogens is 302 g/mol. The highest BCUT2D eigenvalue weighted by Gasteiger charge is 2.16. The standard InChI is InChI=1S/C19H17N3O2/c1-12-7-9-14(10-8-12)11-15-13(2)21-22(18(15)23)19-20-16-5-3-4-6-17(16)24-19/h3-10,21H,11H2,1-2H3. The van der Waals surface area contributed by atoms with Crippen LogP contribution >= 0.6 is 0 Å². The van der Waals surface area contributed by atoms with Crippen LogP contribution < -0.4 is 5.56 Å². The summed E-state index contributed by atoms with van der Waals surface area (Å²) < 4.78 is 7.06. The summed E-state index contributed by atoms with van der Waals surface area (Å²) in [6.07, 6.45) is 0.578. The highest BCUT2D eigenvalue weighted by molar-refractivity contribution is 5.73. The molecule has 2 aromatic carbocycles. The number of nitrogens with zero attached hydrogens (tertiary/aromatic N) is 2. The van der Waals surface area contributed by atoms with Gasteiger partial charge in [0.15, 0.2) is 5.58 Å². The number of para-hydroxylation sites is 2. The normalized spacial score (nSPS) is 11.2. The Morgan fingerprint density at radius 1 is 1.08 bits per heavy atom. The van der Waals surface area contributed by atoms with Crippen LogP contribution in [0, 0.1) is 13.8 Å². The number of rotatable bonds is 3. The second-order valence-corrected chi connectivity index (χ2v) is 5.98. The largest absolute Gasteiger partial charge is 0.422 e. The van der Waals surface area contributed by atoms with Gasteiger partial charge in [0.2, 0.25) is 0 Å². The highest BCUT2D eigenvalue weighted by Crippen LogP contribution is 2.17. The minimum Gasteiger partial charge on any atom is -0.422 e. The first-order valence-electron chi connectivity index (χ1n) is 7.84. The molecular formula is C19H17N3O2. The summed E-state index contributed by atoms with van der Waals surface area (Å²) >= 11 is 0. The van der Waals surface area contributed by atoms with Gasteiger partial charge >= 0.3 is 6.01 Å². The Morgan fingerprint density at radius 3 is 2.58 bits per heavy atom. The molecule has 120 valence electrons. The van der Waals surface area contributed by atoms with Crippen molar-refractivity contribution in [3.8, 4) is 6.01 Å². The fourth-order valence-corrected chi connectivity index (χ4v) is 2.79. The Hall–Kier alpha value is -3.08. The molecule has 0 aliphatic heterocycles. The van der Waals surface area contributed by atoms with E-state index in [-0.39, 0.29) is 11.6 Å². The quantitative estimate of drug-likeness (QED) is 0.628. The van der Waals surface area contributed by atoms with Gasteiger partial charge in [0, 0.05) is 17.7 Å². The van der Waals surface area contributed by atoms with Crippen molar-refractivity contribution in [2.75, 3.05) is 0 Å². The number of H-pyrrole nitrogens is 1. The zero-order chi connectivity index (χ0) is 16.7.